The molecule has 1 fully saturated rings. The maximum Gasteiger partial charge on any atom is 0.180 e. The van der Waals surface area contributed by atoms with E-state index in [9.17, 15) is 13.2 Å². The molecule has 0 spiro atoms. The van der Waals surface area contributed by atoms with E-state index in [0.717, 1.165) is 24.1 Å². The molecule has 7 heteroatoms. The van der Waals surface area contributed by atoms with Gasteiger partial charge in [-0.25, -0.2) is 8.42 Å². The summed E-state index contributed by atoms with van der Waals surface area (Å²) in [5, 5.41) is 3.72. The van der Waals surface area contributed by atoms with Gasteiger partial charge in [0.25, 0.3) is 0 Å². The Balaban J connectivity index is 2.31. The fourth-order valence-electron chi connectivity index (χ4n) is 2.73. The number of sulfone groups is 1. The first-order valence-corrected chi connectivity index (χ1v) is 9.94. The van der Waals surface area contributed by atoms with Crippen molar-refractivity contribution in [3.63, 3.8) is 0 Å². The van der Waals surface area contributed by atoms with E-state index in [1.54, 1.807) is 6.92 Å². The van der Waals surface area contributed by atoms with Gasteiger partial charge in [0.2, 0.25) is 0 Å². The van der Waals surface area contributed by atoms with Crippen molar-refractivity contribution in [3.8, 4) is 0 Å². The summed E-state index contributed by atoms with van der Waals surface area (Å²) in [5.74, 6) is 0.461. The maximum atomic E-state index is 12.0. The number of nitrogens with two attached hydrogens (primary N) is 1. The van der Waals surface area contributed by atoms with Crippen molar-refractivity contribution in [1.29, 1.82) is 0 Å². The van der Waals surface area contributed by atoms with Gasteiger partial charge in [0.15, 0.2) is 15.6 Å². The van der Waals surface area contributed by atoms with Gasteiger partial charge in [-0.1, -0.05) is 19.8 Å². The van der Waals surface area contributed by atoms with Gasteiger partial charge < -0.3 is 11.1 Å². The third kappa shape index (κ3) is 3.58. The molecule has 1 aliphatic carbocycles. The Labute approximate surface area is 129 Å². The molecule has 1 heterocycles. The molecule has 3 N–H and O–H groups in total. The number of nitrogen functional groups attached to an aromatic ring is 1. The van der Waals surface area contributed by atoms with E-state index in [2.05, 4.69) is 5.32 Å². The lowest BCUT2D eigenvalue weighted by Gasteiger charge is -2.11. The van der Waals surface area contributed by atoms with Gasteiger partial charge in [0.05, 0.1) is 10.6 Å². The van der Waals surface area contributed by atoms with Gasteiger partial charge in [0, 0.05) is 19.2 Å². The van der Waals surface area contributed by atoms with Gasteiger partial charge in [-0.15, -0.1) is 11.3 Å². The molecule has 0 atom stereocenters. The zero-order valence-corrected chi connectivity index (χ0v) is 14.1. The summed E-state index contributed by atoms with van der Waals surface area (Å²) in [7, 11) is -3.46. The third-order valence-corrected chi connectivity index (χ3v) is 6.37. The standard InChI is InChI=1S/C14H22N2O3S2/c1-3-10(17)12-11(15)13(21(2,18)19)14(20-12)16-8-9-6-4-5-7-9/h9,16H,3-8,15H2,1-2H3. The van der Waals surface area contributed by atoms with Gasteiger partial charge in [-0.05, 0) is 18.8 Å². The number of hydrogen-bond donors (Lipinski definition) is 2. The van der Waals surface area contributed by atoms with Gasteiger partial charge in [0.1, 0.15) is 9.90 Å². The van der Waals surface area contributed by atoms with Crippen LogP contribution in [0.3, 0.4) is 0 Å². The number of hydrogen-bond acceptors (Lipinski definition) is 6. The molecule has 0 unspecified atom stereocenters. The largest absolute Gasteiger partial charge is 0.396 e. The van der Waals surface area contributed by atoms with Crippen LogP contribution in [-0.4, -0.2) is 27.0 Å². The fraction of sp³-hybridized carbons (Fsp3) is 0.643. The molecule has 1 aromatic heterocycles. The van der Waals surface area contributed by atoms with E-state index in [1.165, 1.54) is 25.7 Å². The number of rotatable bonds is 6. The molecule has 0 aliphatic heterocycles. The fourth-order valence-corrected chi connectivity index (χ4v) is 5.32. The average Bonchev–Trinajstić information content (AvgIpc) is 3.02. The summed E-state index contributed by atoms with van der Waals surface area (Å²) < 4.78 is 23.9. The maximum absolute atomic E-state index is 12.0. The van der Waals surface area contributed by atoms with E-state index >= 15 is 0 Å². The first kappa shape index (κ1) is 16.3. The predicted molar refractivity (Wildman–Crippen MR) is 86.9 cm³/mol. The Bertz CT molecular complexity index is 629. The first-order chi connectivity index (χ1) is 9.84. The first-order valence-electron chi connectivity index (χ1n) is 7.24. The number of nitrogens with one attached hydrogen (secondary N) is 1. The number of carbonyl (C=O) groups is 1. The van der Waals surface area contributed by atoms with Crippen molar-refractivity contribution < 1.29 is 13.2 Å². The van der Waals surface area contributed by atoms with Crippen LogP contribution in [0.25, 0.3) is 0 Å². The van der Waals surface area contributed by atoms with Crippen LogP contribution in [0.2, 0.25) is 0 Å². The zero-order chi connectivity index (χ0) is 15.6. The summed E-state index contributed by atoms with van der Waals surface area (Å²) in [6.07, 6.45) is 6.25. The summed E-state index contributed by atoms with van der Waals surface area (Å²) in [5.41, 5.74) is 6.02. The van der Waals surface area contributed by atoms with E-state index < -0.39 is 9.84 Å². The van der Waals surface area contributed by atoms with Crippen LogP contribution in [0.4, 0.5) is 10.7 Å². The summed E-state index contributed by atoms with van der Waals surface area (Å²) >= 11 is 1.16. The molecule has 0 amide bonds. The quantitative estimate of drug-likeness (QED) is 0.783. The molecule has 0 saturated heterocycles. The SMILES string of the molecule is CCC(=O)c1sc(NCC2CCCC2)c(S(C)(=O)=O)c1N. The van der Waals surface area contributed by atoms with Crippen LogP contribution >= 0.6 is 11.3 Å². The number of Topliss-reactive ketones (excluding diaryl/α,β-unsaturated/α-hetero) is 1. The Morgan fingerprint density at radius 2 is 2.00 bits per heavy atom. The second-order valence-electron chi connectivity index (χ2n) is 5.58. The molecule has 0 aromatic carbocycles. The van der Waals surface area contributed by atoms with Crippen molar-refractivity contribution in [2.24, 2.45) is 5.92 Å². The molecule has 21 heavy (non-hydrogen) atoms. The Morgan fingerprint density at radius 3 is 2.52 bits per heavy atom. The highest BCUT2D eigenvalue weighted by Crippen LogP contribution is 2.40. The van der Waals surface area contributed by atoms with E-state index in [1.807, 2.05) is 0 Å². The van der Waals surface area contributed by atoms with Crippen LogP contribution < -0.4 is 11.1 Å². The van der Waals surface area contributed by atoms with Crippen molar-refractivity contribution in [3.05, 3.63) is 4.88 Å². The molecular formula is C14H22N2O3S2. The topological polar surface area (TPSA) is 89.3 Å². The molecule has 118 valence electrons. The van der Waals surface area contributed by atoms with E-state index in [0.29, 0.717) is 22.2 Å². The third-order valence-electron chi connectivity index (χ3n) is 3.87. The monoisotopic (exact) mass is 330 g/mol. The molecule has 1 saturated carbocycles. The smallest absolute Gasteiger partial charge is 0.180 e. The molecule has 0 radical (unpaired) electrons. The molecule has 1 aromatic rings. The van der Waals surface area contributed by atoms with Crippen LogP contribution in [0.1, 0.15) is 48.7 Å². The van der Waals surface area contributed by atoms with Gasteiger partial charge in [-0.2, -0.15) is 0 Å². The molecule has 2 rings (SSSR count). The minimum Gasteiger partial charge on any atom is -0.396 e. The highest BCUT2D eigenvalue weighted by Gasteiger charge is 2.27. The Kier molecular flexibility index (Phi) is 4.93. The van der Waals surface area contributed by atoms with Crippen molar-refractivity contribution in [1.82, 2.24) is 0 Å². The van der Waals surface area contributed by atoms with Crippen LogP contribution in [-0.2, 0) is 9.84 Å². The number of thiophene rings is 1. The zero-order valence-electron chi connectivity index (χ0n) is 12.4. The Hall–Kier alpha value is -1.08. The summed E-state index contributed by atoms with van der Waals surface area (Å²) in [6.45, 7) is 2.48. The number of carbonyl (C=O) groups excluding carboxylic acids is 1. The van der Waals surface area contributed by atoms with Crippen molar-refractivity contribution in [2.75, 3.05) is 23.9 Å². The lowest BCUT2D eigenvalue weighted by molar-refractivity contribution is 0.0992. The van der Waals surface area contributed by atoms with Crippen LogP contribution in [0.5, 0.6) is 0 Å². The highest BCUT2D eigenvalue weighted by molar-refractivity contribution is 7.91. The predicted octanol–water partition coefficient (Wildman–Crippen LogP) is 2.93. The van der Waals surface area contributed by atoms with E-state index in [-0.39, 0.29) is 16.4 Å². The summed E-state index contributed by atoms with van der Waals surface area (Å²) in [6, 6.07) is 0. The second kappa shape index (κ2) is 6.36. The second-order valence-corrected chi connectivity index (χ2v) is 8.56. The summed E-state index contributed by atoms with van der Waals surface area (Å²) in [4.78, 5) is 12.3. The average molecular weight is 330 g/mol. The van der Waals surface area contributed by atoms with Crippen molar-refractivity contribution >= 4 is 37.6 Å². The minimum atomic E-state index is -3.46. The normalized spacial score (nSPS) is 16.3. The van der Waals surface area contributed by atoms with Crippen LogP contribution in [0.15, 0.2) is 4.90 Å². The molecule has 5 nitrogen and oxygen atoms in total. The van der Waals surface area contributed by atoms with Gasteiger partial charge >= 0.3 is 0 Å². The minimum absolute atomic E-state index is 0.0855. The Morgan fingerprint density at radius 1 is 1.38 bits per heavy atom. The molecule has 1 aliphatic rings. The number of ketones is 1. The lowest BCUT2D eigenvalue weighted by Crippen LogP contribution is -2.12. The highest BCUT2D eigenvalue weighted by atomic mass is 32.2. The van der Waals surface area contributed by atoms with Gasteiger partial charge in [-0.3, -0.25) is 4.79 Å². The lowest BCUT2D eigenvalue weighted by atomic mass is 10.1. The van der Waals surface area contributed by atoms with Crippen molar-refractivity contribution in [2.45, 2.75) is 43.9 Å². The number of anilines is 2. The molecular weight excluding hydrogens is 308 g/mol. The van der Waals surface area contributed by atoms with E-state index in [4.69, 9.17) is 5.73 Å². The molecule has 0 bridgehead atoms. The van der Waals surface area contributed by atoms with Crippen LogP contribution in [0, 0.1) is 5.92 Å².